The molecule has 0 aliphatic carbocycles. The van der Waals surface area contributed by atoms with Crippen LogP contribution in [-0.4, -0.2) is 32.2 Å². The minimum Gasteiger partial charge on any atom is -0.394 e. The number of hydrogen-bond donors (Lipinski definition) is 2. The number of fused-ring (bicyclic) bond motifs is 1. The predicted molar refractivity (Wildman–Crippen MR) is 83.5 cm³/mol. The van der Waals surface area contributed by atoms with Gasteiger partial charge in [-0.05, 0) is 19.1 Å². The molecule has 2 N–H and O–H groups in total. The van der Waals surface area contributed by atoms with Crippen LogP contribution in [0, 0.1) is 6.92 Å². The number of aliphatic hydroxyl groups excluding tert-OH is 1. The van der Waals surface area contributed by atoms with Crippen LogP contribution in [0.1, 0.15) is 11.7 Å². The smallest absolute Gasteiger partial charge is 0.249 e. The number of aromatic nitrogens is 3. The molecule has 0 fully saturated rings. The second-order valence-corrected chi connectivity index (χ2v) is 5.05. The first kappa shape index (κ1) is 14.2. The third kappa shape index (κ3) is 2.68. The van der Waals surface area contributed by atoms with Crippen molar-refractivity contribution in [2.24, 2.45) is 0 Å². The van der Waals surface area contributed by atoms with Crippen LogP contribution in [0.4, 0.5) is 5.69 Å². The van der Waals surface area contributed by atoms with E-state index in [2.05, 4.69) is 15.3 Å². The third-order valence-electron chi connectivity index (χ3n) is 3.53. The second kappa shape index (κ2) is 5.95. The van der Waals surface area contributed by atoms with E-state index in [-0.39, 0.29) is 12.5 Å². The van der Waals surface area contributed by atoms with Crippen molar-refractivity contribution in [3.05, 3.63) is 54.7 Å². The highest BCUT2D eigenvalue weighted by molar-refractivity contribution is 5.95. The van der Waals surface area contributed by atoms with Crippen molar-refractivity contribution in [2.45, 2.75) is 13.0 Å². The van der Waals surface area contributed by atoms with E-state index in [9.17, 15) is 9.90 Å². The number of hydrogen-bond acceptors (Lipinski definition) is 4. The van der Waals surface area contributed by atoms with Gasteiger partial charge in [0.2, 0.25) is 5.91 Å². The molecule has 3 rings (SSSR count). The van der Waals surface area contributed by atoms with E-state index >= 15 is 0 Å². The van der Waals surface area contributed by atoms with E-state index in [1.54, 1.807) is 17.0 Å². The first-order valence-electron chi connectivity index (χ1n) is 6.94. The molecule has 1 unspecified atom stereocenters. The van der Waals surface area contributed by atoms with Crippen LogP contribution in [0.2, 0.25) is 0 Å². The molecule has 112 valence electrons. The Labute approximate surface area is 127 Å². The molecule has 2 heterocycles. The molecule has 0 saturated carbocycles. The Morgan fingerprint density at radius 2 is 2.18 bits per heavy atom. The number of aryl methyl sites for hydroxylation is 1. The fourth-order valence-corrected chi connectivity index (χ4v) is 2.36. The molecule has 1 amide bonds. The highest BCUT2D eigenvalue weighted by Gasteiger charge is 2.20. The van der Waals surface area contributed by atoms with Gasteiger partial charge in [-0.15, -0.1) is 0 Å². The average Bonchev–Trinajstić information content (AvgIpc) is 2.94. The molecule has 6 heteroatoms. The number of benzene rings is 1. The number of carbonyl (C=O) groups is 1. The zero-order valence-corrected chi connectivity index (χ0v) is 12.1. The largest absolute Gasteiger partial charge is 0.394 e. The molecule has 3 aromatic rings. The standard InChI is InChI=1S/C16H16N4O2/c1-11-7-17-10-20(11)15(9-21)16(22)19-13-6-12-4-2-3-5-14(12)18-8-13/h2-8,10,15,21H,9H2,1H3,(H,19,22). The zero-order valence-electron chi connectivity index (χ0n) is 12.1. The molecule has 1 atom stereocenters. The minimum absolute atomic E-state index is 0.302. The van der Waals surface area contributed by atoms with E-state index in [0.717, 1.165) is 16.6 Å². The van der Waals surface area contributed by atoms with Crippen LogP contribution in [0.3, 0.4) is 0 Å². The Morgan fingerprint density at radius 3 is 2.91 bits per heavy atom. The average molecular weight is 296 g/mol. The van der Waals surface area contributed by atoms with E-state index in [4.69, 9.17) is 0 Å². The number of nitrogens with one attached hydrogen (secondary N) is 1. The molecule has 22 heavy (non-hydrogen) atoms. The van der Waals surface area contributed by atoms with Crippen molar-refractivity contribution >= 4 is 22.5 Å². The first-order chi connectivity index (χ1) is 10.7. The number of nitrogens with zero attached hydrogens (tertiary/aromatic N) is 3. The highest BCUT2D eigenvalue weighted by Crippen LogP contribution is 2.18. The first-order valence-corrected chi connectivity index (χ1v) is 6.94. The molecule has 0 aliphatic rings. The lowest BCUT2D eigenvalue weighted by Gasteiger charge is -2.17. The van der Waals surface area contributed by atoms with Crippen molar-refractivity contribution in [2.75, 3.05) is 11.9 Å². The van der Waals surface area contributed by atoms with Gasteiger partial charge in [0.1, 0.15) is 6.04 Å². The fraction of sp³-hybridized carbons (Fsp3) is 0.188. The van der Waals surface area contributed by atoms with Gasteiger partial charge in [0.15, 0.2) is 0 Å². The fourth-order valence-electron chi connectivity index (χ4n) is 2.36. The van der Waals surface area contributed by atoms with Gasteiger partial charge >= 0.3 is 0 Å². The summed E-state index contributed by atoms with van der Waals surface area (Å²) < 4.78 is 1.64. The molecule has 6 nitrogen and oxygen atoms in total. The monoisotopic (exact) mass is 296 g/mol. The number of carbonyl (C=O) groups excluding carboxylic acids is 1. The minimum atomic E-state index is -0.714. The maximum atomic E-state index is 12.4. The van der Waals surface area contributed by atoms with Gasteiger partial charge in [0, 0.05) is 17.3 Å². The number of amides is 1. The van der Waals surface area contributed by atoms with Gasteiger partial charge in [-0.3, -0.25) is 9.78 Å². The molecule has 0 spiro atoms. The van der Waals surface area contributed by atoms with Gasteiger partial charge in [-0.2, -0.15) is 0 Å². The number of aliphatic hydroxyl groups is 1. The summed E-state index contributed by atoms with van der Waals surface area (Å²) >= 11 is 0. The number of imidazole rings is 1. The van der Waals surface area contributed by atoms with E-state index in [0.29, 0.717) is 5.69 Å². The van der Waals surface area contributed by atoms with E-state index in [1.165, 1.54) is 6.33 Å². The summed E-state index contributed by atoms with van der Waals surface area (Å²) in [7, 11) is 0. The van der Waals surface area contributed by atoms with Gasteiger partial charge in [-0.25, -0.2) is 4.98 Å². The third-order valence-corrected chi connectivity index (χ3v) is 3.53. The number of para-hydroxylation sites is 1. The Morgan fingerprint density at radius 1 is 1.36 bits per heavy atom. The highest BCUT2D eigenvalue weighted by atomic mass is 16.3. The summed E-state index contributed by atoms with van der Waals surface area (Å²) in [6.07, 6.45) is 4.79. The van der Waals surface area contributed by atoms with Crippen molar-refractivity contribution in [1.82, 2.24) is 14.5 Å². The Balaban J connectivity index is 1.84. The quantitative estimate of drug-likeness (QED) is 0.770. The van der Waals surface area contributed by atoms with Crippen LogP contribution in [0.25, 0.3) is 10.9 Å². The number of rotatable bonds is 4. The van der Waals surface area contributed by atoms with Crippen molar-refractivity contribution in [3.63, 3.8) is 0 Å². The van der Waals surface area contributed by atoms with Crippen LogP contribution >= 0.6 is 0 Å². The molecular weight excluding hydrogens is 280 g/mol. The van der Waals surface area contributed by atoms with Crippen molar-refractivity contribution in [3.8, 4) is 0 Å². The van der Waals surface area contributed by atoms with E-state index < -0.39 is 6.04 Å². The van der Waals surface area contributed by atoms with Crippen molar-refractivity contribution in [1.29, 1.82) is 0 Å². The van der Waals surface area contributed by atoms with Gasteiger partial charge in [0.25, 0.3) is 0 Å². The summed E-state index contributed by atoms with van der Waals surface area (Å²) in [6, 6.07) is 8.82. The maximum Gasteiger partial charge on any atom is 0.249 e. The van der Waals surface area contributed by atoms with Crippen LogP contribution in [-0.2, 0) is 4.79 Å². The predicted octanol–water partition coefficient (Wildman–Crippen LogP) is 1.91. The maximum absolute atomic E-state index is 12.4. The normalized spacial score (nSPS) is 12.3. The lowest BCUT2D eigenvalue weighted by Crippen LogP contribution is -2.29. The number of pyridine rings is 1. The molecule has 1 aromatic carbocycles. The number of anilines is 1. The second-order valence-electron chi connectivity index (χ2n) is 5.05. The van der Waals surface area contributed by atoms with Crippen LogP contribution in [0.15, 0.2) is 49.1 Å². The molecule has 2 aromatic heterocycles. The Kier molecular flexibility index (Phi) is 3.84. The Bertz CT molecular complexity index is 813. The summed E-state index contributed by atoms with van der Waals surface area (Å²) in [6.45, 7) is 1.53. The van der Waals surface area contributed by atoms with E-state index in [1.807, 2.05) is 37.3 Å². The van der Waals surface area contributed by atoms with Crippen LogP contribution in [0.5, 0.6) is 0 Å². The summed E-state index contributed by atoms with van der Waals surface area (Å²) in [5.74, 6) is -0.305. The Hall–Kier alpha value is -2.73. The van der Waals surface area contributed by atoms with Gasteiger partial charge in [0.05, 0.1) is 30.3 Å². The molecular formula is C16H16N4O2. The summed E-state index contributed by atoms with van der Waals surface area (Å²) in [4.78, 5) is 20.7. The lowest BCUT2D eigenvalue weighted by molar-refractivity contribution is -0.120. The van der Waals surface area contributed by atoms with Gasteiger partial charge in [-0.1, -0.05) is 18.2 Å². The van der Waals surface area contributed by atoms with Crippen LogP contribution < -0.4 is 5.32 Å². The lowest BCUT2D eigenvalue weighted by atomic mass is 10.2. The topological polar surface area (TPSA) is 80.0 Å². The summed E-state index contributed by atoms with van der Waals surface area (Å²) in [5.41, 5.74) is 2.27. The summed E-state index contributed by atoms with van der Waals surface area (Å²) in [5, 5.41) is 13.3. The molecule has 0 radical (unpaired) electrons. The van der Waals surface area contributed by atoms with Gasteiger partial charge < -0.3 is 15.0 Å². The SMILES string of the molecule is Cc1cncn1C(CO)C(=O)Nc1cnc2ccccc2c1. The van der Waals surface area contributed by atoms with Crippen molar-refractivity contribution < 1.29 is 9.90 Å². The molecule has 0 saturated heterocycles. The molecule has 0 bridgehead atoms. The molecule has 0 aliphatic heterocycles. The zero-order chi connectivity index (χ0) is 15.5.